The van der Waals surface area contributed by atoms with E-state index in [0.29, 0.717) is 23.4 Å². The first-order chi connectivity index (χ1) is 11.3. The monoisotopic (exact) mass is 412 g/mol. The van der Waals surface area contributed by atoms with Crippen molar-refractivity contribution in [2.75, 3.05) is 10.0 Å². The molecule has 1 aliphatic heterocycles. The van der Waals surface area contributed by atoms with Crippen LogP contribution in [0.5, 0.6) is 0 Å². The van der Waals surface area contributed by atoms with Gasteiger partial charge in [-0.25, -0.2) is 12.8 Å². The number of fused-ring (bicyclic) bond motifs is 1. The number of halogens is 2. The Balaban J connectivity index is 1.97. The topological polar surface area (TPSA) is 75.3 Å². The average molecular weight is 413 g/mol. The van der Waals surface area contributed by atoms with Gasteiger partial charge >= 0.3 is 0 Å². The van der Waals surface area contributed by atoms with Crippen LogP contribution >= 0.6 is 15.9 Å². The van der Waals surface area contributed by atoms with Gasteiger partial charge in [0.1, 0.15) is 10.7 Å². The third-order valence-electron chi connectivity index (χ3n) is 3.77. The van der Waals surface area contributed by atoms with E-state index in [2.05, 4.69) is 26.0 Å². The molecule has 5 nitrogen and oxygen atoms in total. The second-order valence-electron chi connectivity index (χ2n) is 5.56. The summed E-state index contributed by atoms with van der Waals surface area (Å²) in [6.07, 6.45) is 0.622. The van der Waals surface area contributed by atoms with Crippen LogP contribution in [0.2, 0.25) is 0 Å². The molecule has 2 aromatic rings. The van der Waals surface area contributed by atoms with Crippen LogP contribution in [0.1, 0.15) is 17.5 Å². The summed E-state index contributed by atoms with van der Waals surface area (Å²) in [4.78, 5) is 10.9. The van der Waals surface area contributed by atoms with Crippen molar-refractivity contribution in [3.05, 3.63) is 51.7 Å². The first-order valence-corrected chi connectivity index (χ1v) is 9.45. The van der Waals surface area contributed by atoms with E-state index >= 15 is 0 Å². The zero-order valence-electron chi connectivity index (χ0n) is 12.7. The zero-order chi connectivity index (χ0) is 17.5. The third-order valence-corrected chi connectivity index (χ3v) is 6.02. The summed E-state index contributed by atoms with van der Waals surface area (Å²) in [7, 11) is -4.08. The SMILES string of the molecule is Cc1ccc(NS(=O)(=O)c2cc3c(cc2F)NC(=O)CC3)cc1Br. The normalized spacial score (nSPS) is 14.0. The maximum absolute atomic E-state index is 14.3. The number of benzene rings is 2. The summed E-state index contributed by atoms with van der Waals surface area (Å²) in [6, 6.07) is 7.29. The van der Waals surface area contributed by atoms with Gasteiger partial charge in [-0.2, -0.15) is 0 Å². The highest BCUT2D eigenvalue weighted by atomic mass is 79.9. The fraction of sp³-hybridized carbons (Fsp3) is 0.188. The number of sulfonamides is 1. The molecule has 0 fully saturated rings. The van der Waals surface area contributed by atoms with E-state index in [1.165, 1.54) is 6.07 Å². The van der Waals surface area contributed by atoms with Crippen molar-refractivity contribution in [2.45, 2.75) is 24.7 Å². The zero-order valence-corrected chi connectivity index (χ0v) is 15.1. The van der Waals surface area contributed by atoms with Crippen molar-refractivity contribution in [3.63, 3.8) is 0 Å². The van der Waals surface area contributed by atoms with Gasteiger partial charge in [0.2, 0.25) is 5.91 Å². The van der Waals surface area contributed by atoms with Crippen molar-refractivity contribution in [2.24, 2.45) is 0 Å². The van der Waals surface area contributed by atoms with Crippen LogP contribution in [0, 0.1) is 12.7 Å². The molecule has 1 heterocycles. The van der Waals surface area contributed by atoms with E-state index < -0.39 is 20.7 Å². The van der Waals surface area contributed by atoms with E-state index in [-0.39, 0.29) is 12.3 Å². The molecule has 0 atom stereocenters. The van der Waals surface area contributed by atoms with Gasteiger partial charge in [-0.1, -0.05) is 22.0 Å². The smallest absolute Gasteiger partial charge is 0.264 e. The van der Waals surface area contributed by atoms with Gasteiger partial charge in [-0.05, 0) is 48.7 Å². The Labute approximate surface area is 147 Å². The van der Waals surface area contributed by atoms with Gasteiger partial charge in [0.25, 0.3) is 10.0 Å². The quantitative estimate of drug-likeness (QED) is 0.808. The lowest BCUT2D eigenvalue weighted by Crippen LogP contribution is -2.21. The Kier molecular flexibility index (Phi) is 4.35. The molecule has 3 rings (SSSR count). The second kappa shape index (κ2) is 6.18. The number of amides is 1. The molecule has 2 N–H and O–H groups in total. The maximum Gasteiger partial charge on any atom is 0.264 e. The molecule has 0 unspecified atom stereocenters. The van der Waals surface area contributed by atoms with Crippen molar-refractivity contribution >= 4 is 43.2 Å². The highest BCUT2D eigenvalue weighted by Gasteiger charge is 2.24. The number of hydrogen-bond acceptors (Lipinski definition) is 3. The number of nitrogens with one attached hydrogen (secondary N) is 2. The molecule has 2 aromatic carbocycles. The van der Waals surface area contributed by atoms with E-state index in [9.17, 15) is 17.6 Å². The average Bonchev–Trinajstić information content (AvgIpc) is 2.49. The first kappa shape index (κ1) is 16.9. The predicted molar refractivity (Wildman–Crippen MR) is 93.0 cm³/mol. The van der Waals surface area contributed by atoms with E-state index in [4.69, 9.17) is 0 Å². The van der Waals surface area contributed by atoms with E-state index in [1.54, 1.807) is 18.2 Å². The van der Waals surface area contributed by atoms with Crippen molar-refractivity contribution in [3.8, 4) is 0 Å². The first-order valence-electron chi connectivity index (χ1n) is 7.17. The van der Waals surface area contributed by atoms with Crippen LogP contribution in [0.25, 0.3) is 0 Å². The number of carbonyl (C=O) groups excluding carboxylic acids is 1. The molecular weight excluding hydrogens is 399 g/mol. The Hall–Kier alpha value is -1.93. The fourth-order valence-electron chi connectivity index (χ4n) is 2.45. The molecule has 0 saturated heterocycles. The van der Waals surface area contributed by atoms with Crippen LogP contribution in [0.15, 0.2) is 39.7 Å². The lowest BCUT2D eigenvalue weighted by molar-refractivity contribution is -0.116. The maximum atomic E-state index is 14.3. The molecule has 126 valence electrons. The van der Waals surface area contributed by atoms with Gasteiger partial charge in [-0.15, -0.1) is 0 Å². The summed E-state index contributed by atoms with van der Waals surface area (Å²) in [6.45, 7) is 1.87. The Morgan fingerprint density at radius 1 is 1.21 bits per heavy atom. The fourth-order valence-corrected chi connectivity index (χ4v) is 3.99. The third kappa shape index (κ3) is 3.29. The highest BCUT2D eigenvalue weighted by Crippen LogP contribution is 2.29. The van der Waals surface area contributed by atoms with Crippen LogP contribution in [-0.4, -0.2) is 14.3 Å². The predicted octanol–water partition coefficient (Wildman–Crippen LogP) is 3.58. The molecule has 0 saturated carbocycles. The lowest BCUT2D eigenvalue weighted by Gasteiger charge is -2.18. The minimum Gasteiger partial charge on any atom is -0.326 e. The second-order valence-corrected chi connectivity index (χ2v) is 8.06. The Bertz CT molecular complexity index is 945. The molecule has 24 heavy (non-hydrogen) atoms. The molecule has 0 radical (unpaired) electrons. The highest BCUT2D eigenvalue weighted by molar-refractivity contribution is 9.10. The number of carbonyl (C=O) groups is 1. The molecule has 0 bridgehead atoms. The van der Waals surface area contributed by atoms with Gasteiger partial charge in [-0.3, -0.25) is 9.52 Å². The van der Waals surface area contributed by atoms with Crippen LogP contribution < -0.4 is 10.0 Å². The molecule has 0 aliphatic carbocycles. The number of rotatable bonds is 3. The van der Waals surface area contributed by atoms with Crippen LogP contribution in [-0.2, 0) is 21.2 Å². The summed E-state index contributed by atoms with van der Waals surface area (Å²) in [5, 5.41) is 2.54. The number of hydrogen-bond donors (Lipinski definition) is 2. The minimum atomic E-state index is -4.08. The lowest BCUT2D eigenvalue weighted by atomic mass is 10.0. The van der Waals surface area contributed by atoms with Crippen molar-refractivity contribution in [1.29, 1.82) is 0 Å². The summed E-state index contributed by atoms with van der Waals surface area (Å²) in [5.74, 6) is -1.12. The van der Waals surface area contributed by atoms with Crippen LogP contribution in [0.3, 0.4) is 0 Å². The molecule has 8 heteroatoms. The Morgan fingerprint density at radius 3 is 2.67 bits per heavy atom. The number of anilines is 2. The summed E-state index contributed by atoms with van der Waals surface area (Å²) >= 11 is 3.33. The van der Waals surface area contributed by atoms with Gasteiger partial charge in [0.05, 0.1) is 0 Å². The molecule has 0 spiro atoms. The standard InChI is InChI=1S/C16H14BrFN2O3S/c1-9-2-4-11(7-12(9)17)20-24(22,23)15-6-10-3-5-16(21)19-14(10)8-13(15)18/h2,4,6-8,20H,3,5H2,1H3,(H,19,21). The van der Waals surface area contributed by atoms with Crippen molar-refractivity contribution in [1.82, 2.24) is 0 Å². The van der Waals surface area contributed by atoms with Gasteiger partial charge < -0.3 is 5.32 Å². The molecule has 1 amide bonds. The molecule has 1 aliphatic rings. The minimum absolute atomic E-state index is 0.208. The van der Waals surface area contributed by atoms with E-state index in [0.717, 1.165) is 16.1 Å². The molecule has 0 aromatic heterocycles. The summed E-state index contributed by atoms with van der Waals surface area (Å²) in [5.41, 5.74) is 2.20. The Morgan fingerprint density at radius 2 is 1.96 bits per heavy atom. The number of aryl methyl sites for hydroxylation is 2. The van der Waals surface area contributed by atoms with Crippen LogP contribution in [0.4, 0.5) is 15.8 Å². The van der Waals surface area contributed by atoms with Crippen molar-refractivity contribution < 1.29 is 17.6 Å². The van der Waals surface area contributed by atoms with E-state index in [1.807, 2.05) is 6.92 Å². The van der Waals surface area contributed by atoms with Gasteiger partial charge in [0, 0.05) is 22.3 Å². The molecular formula is C16H14BrFN2O3S. The summed E-state index contributed by atoms with van der Waals surface area (Å²) < 4.78 is 42.4. The largest absolute Gasteiger partial charge is 0.326 e. The van der Waals surface area contributed by atoms with Gasteiger partial charge in [0.15, 0.2) is 0 Å².